The molecule has 0 aliphatic carbocycles. The molecular formula is C21H19N3O2S2. The fraction of sp³-hybridized carbons (Fsp3) is 0.190. The van der Waals surface area contributed by atoms with Crippen molar-refractivity contribution >= 4 is 45.7 Å². The van der Waals surface area contributed by atoms with E-state index in [0.29, 0.717) is 16.4 Å². The second kappa shape index (κ2) is 7.77. The second-order valence-corrected chi connectivity index (χ2v) is 8.74. The summed E-state index contributed by atoms with van der Waals surface area (Å²) in [5, 5.41) is 8.04. The maximum absolute atomic E-state index is 12.6. The van der Waals surface area contributed by atoms with E-state index in [9.17, 15) is 9.59 Å². The number of carbonyl (C=O) groups excluding carboxylic acids is 2. The smallest absolute Gasteiger partial charge is 0.257 e. The summed E-state index contributed by atoms with van der Waals surface area (Å²) < 4.78 is 0. The van der Waals surface area contributed by atoms with E-state index in [2.05, 4.69) is 34.7 Å². The molecule has 2 amide bonds. The van der Waals surface area contributed by atoms with Crippen molar-refractivity contribution in [2.24, 2.45) is 0 Å². The van der Waals surface area contributed by atoms with Crippen LogP contribution in [0.2, 0.25) is 0 Å². The number of rotatable bonds is 4. The van der Waals surface area contributed by atoms with E-state index in [1.807, 2.05) is 30.5 Å². The summed E-state index contributed by atoms with van der Waals surface area (Å²) >= 11 is 2.88. The van der Waals surface area contributed by atoms with Gasteiger partial charge < -0.3 is 5.32 Å². The van der Waals surface area contributed by atoms with Gasteiger partial charge in [-0.1, -0.05) is 31.2 Å². The number of nitrogens with one attached hydrogen (secondary N) is 2. The van der Waals surface area contributed by atoms with E-state index < -0.39 is 0 Å². The van der Waals surface area contributed by atoms with E-state index >= 15 is 0 Å². The van der Waals surface area contributed by atoms with Crippen LogP contribution in [0.5, 0.6) is 0 Å². The van der Waals surface area contributed by atoms with Gasteiger partial charge in [0.25, 0.3) is 5.91 Å². The number of nitrogens with zero attached hydrogens (tertiary/aromatic N) is 1. The zero-order chi connectivity index (χ0) is 19.7. The van der Waals surface area contributed by atoms with Gasteiger partial charge >= 0.3 is 0 Å². The molecule has 2 heterocycles. The maximum Gasteiger partial charge on any atom is 0.257 e. The van der Waals surface area contributed by atoms with Crippen molar-refractivity contribution in [3.63, 3.8) is 0 Å². The lowest BCUT2D eigenvalue weighted by Crippen LogP contribution is -2.26. The molecule has 2 aromatic carbocycles. The molecule has 1 aliphatic rings. The number of thioether (sulfide) groups is 1. The molecule has 0 unspecified atom stereocenters. The van der Waals surface area contributed by atoms with Crippen LogP contribution in [-0.4, -0.2) is 22.0 Å². The normalized spacial score (nSPS) is 15.6. The molecule has 0 saturated carbocycles. The fourth-order valence-electron chi connectivity index (χ4n) is 2.89. The number of thiazole rings is 1. The zero-order valence-corrected chi connectivity index (χ0v) is 17.1. The third-order valence-electron chi connectivity index (χ3n) is 4.56. The van der Waals surface area contributed by atoms with E-state index in [1.54, 1.807) is 12.1 Å². The molecule has 2 N–H and O–H groups in total. The summed E-state index contributed by atoms with van der Waals surface area (Å²) in [7, 11) is 0. The Kier molecular flexibility index (Phi) is 5.19. The Morgan fingerprint density at radius 3 is 2.75 bits per heavy atom. The molecule has 0 spiro atoms. The molecular weight excluding hydrogens is 390 g/mol. The first kappa shape index (κ1) is 18.7. The van der Waals surface area contributed by atoms with E-state index in [-0.39, 0.29) is 17.1 Å². The Morgan fingerprint density at radius 2 is 2.00 bits per heavy atom. The molecule has 1 atom stereocenters. The van der Waals surface area contributed by atoms with Gasteiger partial charge in [0.1, 0.15) is 0 Å². The Bertz CT molecular complexity index is 1040. The van der Waals surface area contributed by atoms with Gasteiger partial charge in [-0.15, -0.1) is 23.1 Å². The van der Waals surface area contributed by atoms with Crippen LogP contribution in [0.15, 0.2) is 52.7 Å². The van der Waals surface area contributed by atoms with Gasteiger partial charge in [0.2, 0.25) is 5.91 Å². The molecule has 142 valence electrons. The van der Waals surface area contributed by atoms with Crippen molar-refractivity contribution < 1.29 is 9.59 Å². The number of aromatic nitrogens is 1. The van der Waals surface area contributed by atoms with Crippen LogP contribution < -0.4 is 10.6 Å². The first-order valence-corrected chi connectivity index (χ1v) is 10.8. The number of benzene rings is 2. The summed E-state index contributed by atoms with van der Waals surface area (Å²) in [5.74, 6) is -0.295. The van der Waals surface area contributed by atoms with Crippen LogP contribution in [-0.2, 0) is 11.2 Å². The summed E-state index contributed by atoms with van der Waals surface area (Å²) in [6.45, 7) is 3.98. The van der Waals surface area contributed by atoms with Crippen molar-refractivity contribution in [3.8, 4) is 11.3 Å². The number of carbonyl (C=O) groups is 2. The highest BCUT2D eigenvalue weighted by molar-refractivity contribution is 8.00. The number of amides is 2. The lowest BCUT2D eigenvalue weighted by Gasteiger charge is -2.21. The van der Waals surface area contributed by atoms with Crippen molar-refractivity contribution in [3.05, 3.63) is 59.0 Å². The highest BCUT2D eigenvalue weighted by Crippen LogP contribution is 2.36. The number of aryl methyl sites for hydroxylation is 1. The van der Waals surface area contributed by atoms with Gasteiger partial charge in [-0.2, -0.15) is 0 Å². The van der Waals surface area contributed by atoms with Gasteiger partial charge in [0, 0.05) is 21.4 Å². The molecule has 28 heavy (non-hydrogen) atoms. The lowest BCUT2D eigenvalue weighted by atomic mass is 10.1. The van der Waals surface area contributed by atoms with E-state index in [0.717, 1.165) is 22.6 Å². The topological polar surface area (TPSA) is 71.1 Å². The standard InChI is InChI=1S/C21H19N3O2S2/c1-3-13-4-6-14(7-5-13)17-11-27-21(23-17)24-20(26)15-8-9-18-16(10-15)22-19(25)12(2)28-18/h4-12H,3H2,1-2H3,(H,22,25)(H,23,24,26)/t12-/m0/s1. The number of hydrogen-bond acceptors (Lipinski definition) is 5. The summed E-state index contributed by atoms with van der Waals surface area (Å²) in [6, 6.07) is 13.6. The molecule has 0 bridgehead atoms. The third-order valence-corrected chi connectivity index (χ3v) is 6.49. The van der Waals surface area contributed by atoms with Crippen molar-refractivity contribution in [1.82, 2.24) is 4.98 Å². The van der Waals surface area contributed by atoms with Crippen molar-refractivity contribution in [2.75, 3.05) is 10.6 Å². The quantitative estimate of drug-likeness (QED) is 0.632. The third kappa shape index (κ3) is 3.81. The van der Waals surface area contributed by atoms with Gasteiger partial charge in [-0.3, -0.25) is 14.9 Å². The van der Waals surface area contributed by atoms with Gasteiger partial charge in [0.15, 0.2) is 5.13 Å². The van der Waals surface area contributed by atoms with Gasteiger partial charge in [-0.25, -0.2) is 4.98 Å². The number of anilines is 2. The van der Waals surface area contributed by atoms with Crippen LogP contribution >= 0.6 is 23.1 Å². The predicted molar refractivity (Wildman–Crippen MR) is 115 cm³/mol. The fourth-order valence-corrected chi connectivity index (χ4v) is 4.54. The molecule has 1 aliphatic heterocycles. The lowest BCUT2D eigenvalue weighted by molar-refractivity contribution is -0.115. The average Bonchev–Trinajstić information content (AvgIpc) is 3.17. The number of fused-ring (bicyclic) bond motifs is 1. The van der Waals surface area contributed by atoms with Crippen LogP contribution in [0.1, 0.15) is 29.8 Å². The van der Waals surface area contributed by atoms with Crippen LogP contribution in [0, 0.1) is 0 Å². The first-order chi connectivity index (χ1) is 13.5. The molecule has 7 heteroatoms. The predicted octanol–water partition coefficient (Wildman–Crippen LogP) is 5.06. The largest absolute Gasteiger partial charge is 0.324 e. The maximum atomic E-state index is 12.6. The van der Waals surface area contributed by atoms with Gasteiger partial charge in [0.05, 0.1) is 16.6 Å². The minimum Gasteiger partial charge on any atom is -0.324 e. The Labute approximate surface area is 171 Å². The molecule has 3 aromatic rings. The molecule has 0 fully saturated rings. The molecule has 0 radical (unpaired) electrons. The summed E-state index contributed by atoms with van der Waals surface area (Å²) in [5.41, 5.74) is 4.30. The molecule has 5 nitrogen and oxygen atoms in total. The number of hydrogen-bond donors (Lipinski definition) is 2. The zero-order valence-electron chi connectivity index (χ0n) is 15.5. The highest BCUT2D eigenvalue weighted by Gasteiger charge is 2.24. The average molecular weight is 410 g/mol. The Balaban J connectivity index is 1.49. The van der Waals surface area contributed by atoms with E-state index in [1.165, 1.54) is 28.7 Å². The summed E-state index contributed by atoms with van der Waals surface area (Å²) in [6.07, 6.45) is 0.997. The summed E-state index contributed by atoms with van der Waals surface area (Å²) in [4.78, 5) is 30.0. The Hall–Kier alpha value is -2.64. The van der Waals surface area contributed by atoms with Crippen LogP contribution in [0.3, 0.4) is 0 Å². The molecule has 1 aromatic heterocycles. The van der Waals surface area contributed by atoms with Crippen molar-refractivity contribution in [2.45, 2.75) is 30.4 Å². The SMILES string of the molecule is CCc1ccc(-c2csc(NC(=O)c3ccc4c(c3)NC(=O)[C@H](C)S4)n2)cc1. The Morgan fingerprint density at radius 1 is 1.21 bits per heavy atom. The molecule has 0 saturated heterocycles. The van der Waals surface area contributed by atoms with E-state index in [4.69, 9.17) is 0 Å². The van der Waals surface area contributed by atoms with Crippen molar-refractivity contribution in [1.29, 1.82) is 0 Å². The van der Waals surface area contributed by atoms with Crippen LogP contribution in [0.4, 0.5) is 10.8 Å². The van der Waals surface area contributed by atoms with Crippen LogP contribution in [0.25, 0.3) is 11.3 Å². The minimum atomic E-state index is -0.247. The highest BCUT2D eigenvalue weighted by atomic mass is 32.2. The first-order valence-electron chi connectivity index (χ1n) is 9.01. The van der Waals surface area contributed by atoms with Gasteiger partial charge in [-0.05, 0) is 37.1 Å². The monoisotopic (exact) mass is 409 g/mol. The second-order valence-electron chi connectivity index (χ2n) is 6.50. The minimum absolute atomic E-state index is 0.0475. The molecule has 4 rings (SSSR count).